The molecule has 8 nitrogen and oxygen atoms in total. The van der Waals surface area contributed by atoms with Crippen molar-refractivity contribution in [1.82, 2.24) is 20.0 Å². The summed E-state index contributed by atoms with van der Waals surface area (Å²) in [7, 11) is 5.39. The van der Waals surface area contributed by atoms with Crippen LogP contribution in [0.4, 0.5) is 15.9 Å². The van der Waals surface area contributed by atoms with Crippen LogP contribution in [0, 0.1) is 5.82 Å². The molecule has 3 rings (SSSR count). The van der Waals surface area contributed by atoms with Gasteiger partial charge < -0.3 is 19.6 Å². The van der Waals surface area contributed by atoms with E-state index in [4.69, 9.17) is 0 Å². The lowest BCUT2D eigenvalue weighted by molar-refractivity contribution is -0.132. The van der Waals surface area contributed by atoms with E-state index in [1.54, 1.807) is 17.2 Å². The molecule has 1 saturated heterocycles. The number of carbonyl (C=O) groups excluding carboxylic acids is 2. The highest BCUT2D eigenvalue weighted by molar-refractivity contribution is 5.96. The lowest BCUT2D eigenvalue weighted by Crippen LogP contribution is -2.51. The number of hydrogen-bond acceptors (Lipinski definition) is 6. The van der Waals surface area contributed by atoms with E-state index in [2.05, 4.69) is 15.1 Å². The highest BCUT2D eigenvalue weighted by Gasteiger charge is 2.25. The van der Waals surface area contributed by atoms with Crippen molar-refractivity contribution in [2.75, 3.05) is 63.7 Å². The van der Waals surface area contributed by atoms with Gasteiger partial charge in [0, 0.05) is 53.4 Å². The van der Waals surface area contributed by atoms with Gasteiger partial charge in [-0.05, 0) is 12.1 Å². The van der Waals surface area contributed by atoms with E-state index < -0.39 is 11.7 Å². The van der Waals surface area contributed by atoms with Gasteiger partial charge in [-0.25, -0.2) is 4.39 Å². The zero-order chi connectivity index (χ0) is 21.0. The average molecular weight is 400 g/mol. The van der Waals surface area contributed by atoms with Crippen LogP contribution < -0.4 is 9.80 Å². The number of anilines is 2. The first kappa shape index (κ1) is 20.5. The predicted octanol–water partition coefficient (Wildman–Crippen LogP) is 1.10. The Morgan fingerprint density at radius 3 is 2.45 bits per heavy atom. The van der Waals surface area contributed by atoms with E-state index in [1.165, 1.54) is 30.1 Å². The molecule has 2 amide bonds. The fraction of sp³-hybridized carbons (Fsp3) is 0.400. The summed E-state index contributed by atoms with van der Waals surface area (Å²) >= 11 is 0. The van der Waals surface area contributed by atoms with Crippen LogP contribution in [0.1, 0.15) is 10.4 Å². The summed E-state index contributed by atoms with van der Waals surface area (Å²) in [6, 6.07) is 7.73. The number of benzene rings is 1. The Labute approximate surface area is 169 Å². The van der Waals surface area contributed by atoms with Gasteiger partial charge in [-0.2, -0.15) is 5.10 Å². The summed E-state index contributed by atoms with van der Waals surface area (Å²) in [5.41, 5.74) is 0.925. The van der Waals surface area contributed by atoms with Crippen molar-refractivity contribution in [2.24, 2.45) is 0 Å². The first-order valence-electron chi connectivity index (χ1n) is 9.39. The highest BCUT2D eigenvalue weighted by Crippen LogP contribution is 2.18. The molecule has 1 aromatic heterocycles. The van der Waals surface area contributed by atoms with Gasteiger partial charge in [0.1, 0.15) is 5.82 Å². The van der Waals surface area contributed by atoms with Crippen molar-refractivity contribution in [1.29, 1.82) is 0 Å². The van der Waals surface area contributed by atoms with E-state index in [9.17, 15) is 14.0 Å². The molecule has 0 unspecified atom stereocenters. The second-order valence-electron chi connectivity index (χ2n) is 7.18. The van der Waals surface area contributed by atoms with E-state index >= 15 is 0 Å². The van der Waals surface area contributed by atoms with Crippen molar-refractivity contribution >= 4 is 23.3 Å². The lowest BCUT2D eigenvalue weighted by atomic mass is 10.2. The number of carbonyl (C=O) groups is 2. The van der Waals surface area contributed by atoms with Crippen molar-refractivity contribution in [3.05, 3.63) is 47.9 Å². The maximum atomic E-state index is 13.8. The summed E-state index contributed by atoms with van der Waals surface area (Å²) < 4.78 is 13.8. The van der Waals surface area contributed by atoms with Crippen molar-refractivity contribution < 1.29 is 14.0 Å². The number of halogens is 1. The number of amides is 2. The van der Waals surface area contributed by atoms with Crippen LogP contribution in [0.15, 0.2) is 36.5 Å². The number of hydrogen-bond donors (Lipinski definition) is 0. The molecule has 1 aromatic carbocycles. The van der Waals surface area contributed by atoms with Crippen LogP contribution in [0.25, 0.3) is 0 Å². The van der Waals surface area contributed by atoms with Gasteiger partial charge in [-0.1, -0.05) is 12.1 Å². The van der Waals surface area contributed by atoms with Crippen molar-refractivity contribution in [2.45, 2.75) is 0 Å². The Kier molecular flexibility index (Phi) is 6.26. The van der Waals surface area contributed by atoms with Crippen LogP contribution in [-0.2, 0) is 4.79 Å². The Balaban J connectivity index is 1.55. The Bertz CT molecular complexity index is 883. The minimum absolute atomic E-state index is 0.0352. The molecule has 1 aliphatic rings. The molecule has 2 aromatic rings. The fourth-order valence-electron chi connectivity index (χ4n) is 3.14. The molecule has 9 heteroatoms. The van der Waals surface area contributed by atoms with Crippen LogP contribution in [-0.4, -0.2) is 85.7 Å². The van der Waals surface area contributed by atoms with Crippen LogP contribution in [0.3, 0.4) is 0 Å². The van der Waals surface area contributed by atoms with Crippen molar-refractivity contribution in [3.63, 3.8) is 0 Å². The third-order valence-electron chi connectivity index (χ3n) is 4.92. The molecule has 29 heavy (non-hydrogen) atoms. The Morgan fingerprint density at radius 1 is 1.10 bits per heavy atom. The van der Waals surface area contributed by atoms with Crippen LogP contribution in [0.2, 0.25) is 0 Å². The standard InChI is InChI=1S/C20H25FN6O2/c1-24(2)15-12-18(23-22-13-15)26-8-10-27(11-9-26)19(28)14-25(3)20(29)16-6-4-5-7-17(16)21/h4-7,12-13H,8-11,14H2,1-3H3. The molecule has 0 spiro atoms. The number of aromatic nitrogens is 2. The summed E-state index contributed by atoms with van der Waals surface area (Å²) in [5.74, 6) is -0.488. The van der Waals surface area contributed by atoms with Gasteiger partial charge >= 0.3 is 0 Å². The topological polar surface area (TPSA) is 72.9 Å². The van der Waals surface area contributed by atoms with Crippen molar-refractivity contribution in [3.8, 4) is 0 Å². The van der Waals surface area contributed by atoms with Gasteiger partial charge in [-0.3, -0.25) is 9.59 Å². The maximum Gasteiger partial charge on any atom is 0.257 e. The molecular formula is C20H25FN6O2. The van der Waals surface area contributed by atoms with Crippen LogP contribution >= 0.6 is 0 Å². The molecule has 0 N–H and O–H groups in total. The highest BCUT2D eigenvalue weighted by atomic mass is 19.1. The lowest BCUT2D eigenvalue weighted by Gasteiger charge is -2.36. The normalized spacial score (nSPS) is 13.9. The molecule has 0 atom stereocenters. The second kappa shape index (κ2) is 8.85. The molecule has 0 bridgehead atoms. The van der Waals surface area contributed by atoms with Gasteiger partial charge in [0.05, 0.1) is 24.0 Å². The van der Waals surface area contributed by atoms with Gasteiger partial charge in [-0.15, -0.1) is 5.10 Å². The maximum absolute atomic E-state index is 13.8. The minimum Gasteiger partial charge on any atom is -0.376 e. The molecule has 0 saturated carbocycles. The Hall–Kier alpha value is -3.23. The summed E-state index contributed by atoms with van der Waals surface area (Å²) in [4.78, 5) is 32.0. The van der Waals surface area contributed by atoms with Gasteiger partial charge in [0.15, 0.2) is 5.82 Å². The number of rotatable bonds is 5. The van der Waals surface area contributed by atoms with E-state index in [-0.39, 0.29) is 18.0 Å². The largest absolute Gasteiger partial charge is 0.376 e. The number of piperazine rings is 1. The van der Waals surface area contributed by atoms with E-state index in [0.29, 0.717) is 26.2 Å². The Morgan fingerprint density at radius 2 is 1.79 bits per heavy atom. The molecule has 0 radical (unpaired) electrons. The van der Waals surface area contributed by atoms with Crippen LogP contribution in [0.5, 0.6) is 0 Å². The average Bonchev–Trinajstić information content (AvgIpc) is 2.73. The third kappa shape index (κ3) is 4.79. The molecule has 2 heterocycles. The minimum atomic E-state index is -0.591. The van der Waals surface area contributed by atoms with E-state index in [0.717, 1.165) is 11.5 Å². The van der Waals surface area contributed by atoms with E-state index in [1.807, 2.05) is 25.1 Å². The first-order chi connectivity index (χ1) is 13.9. The third-order valence-corrected chi connectivity index (χ3v) is 4.92. The fourth-order valence-corrected chi connectivity index (χ4v) is 3.14. The first-order valence-corrected chi connectivity index (χ1v) is 9.39. The summed E-state index contributed by atoms with van der Waals surface area (Å²) in [6.45, 7) is 2.20. The van der Waals surface area contributed by atoms with Gasteiger partial charge in [0.2, 0.25) is 5.91 Å². The molecule has 1 fully saturated rings. The smallest absolute Gasteiger partial charge is 0.257 e. The monoisotopic (exact) mass is 400 g/mol. The predicted molar refractivity (Wildman–Crippen MR) is 109 cm³/mol. The zero-order valence-electron chi connectivity index (χ0n) is 16.9. The molecule has 154 valence electrons. The number of nitrogens with zero attached hydrogens (tertiary/aromatic N) is 6. The molecular weight excluding hydrogens is 375 g/mol. The molecule has 1 aliphatic heterocycles. The van der Waals surface area contributed by atoms with Gasteiger partial charge in [0.25, 0.3) is 5.91 Å². The number of likely N-dealkylation sites (N-methyl/N-ethyl adjacent to an activating group) is 1. The second-order valence-corrected chi connectivity index (χ2v) is 7.18. The molecule has 0 aliphatic carbocycles. The quantitative estimate of drug-likeness (QED) is 0.749. The summed E-state index contributed by atoms with van der Waals surface area (Å²) in [5, 5.41) is 8.23. The summed E-state index contributed by atoms with van der Waals surface area (Å²) in [6.07, 6.45) is 1.70. The zero-order valence-corrected chi connectivity index (χ0v) is 16.9. The SMILES string of the molecule is CN(CC(=O)N1CCN(c2cc(N(C)C)cnn2)CC1)C(=O)c1ccccc1F.